The van der Waals surface area contributed by atoms with Crippen LogP contribution in [0.25, 0.3) is 0 Å². The molecule has 7 nitrogen and oxygen atoms in total. The fourth-order valence-corrected chi connectivity index (χ4v) is 4.43. The van der Waals surface area contributed by atoms with E-state index in [1.807, 2.05) is 52.2 Å². The normalized spacial score (nSPS) is 22.8. The first-order chi connectivity index (χ1) is 14.2. The van der Waals surface area contributed by atoms with Crippen molar-refractivity contribution >= 4 is 11.8 Å². The molecule has 0 bridgehead atoms. The van der Waals surface area contributed by atoms with E-state index in [4.69, 9.17) is 4.74 Å². The van der Waals surface area contributed by atoms with Crippen LogP contribution in [0.3, 0.4) is 0 Å². The molecule has 1 saturated heterocycles. The highest BCUT2D eigenvalue weighted by molar-refractivity contribution is 5.86. The molecule has 0 spiro atoms. The van der Waals surface area contributed by atoms with Gasteiger partial charge < -0.3 is 15.0 Å². The van der Waals surface area contributed by atoms with Crippen LogP contribution < -0.4 is 5.32 Å². The summed E-state index contributed by atoms with van der Waals surface area (Å²) in [7, 11) is 0. The van der Waals surface area contributed by atoms with Crippen molar-refractivity contribution in [3.63, 3.8) is 0 Å². The van der Waals surface area contributed by atoms with Gasteiger partial charge in [-0.3, -0.25) is 14.3 Å². The van der Waals surface area contributed by atoms with Crippen LogP contribution in [0.1, 0.15) is 43.7 Å². The van der Waals surface area contributed by atoms with Gasteiger partial charge >= 0.3 is 0 Å². The third-order valence-corrected chi connectivity index (χ3v) is 5.80. The van der Waals surface area contributed by atoms with E-state index >= 15 is 0 Å². The number of nitrogens with zero attached hydrogens (tertiary/aromatic N) is 3. The number of hydrogen-bond acceptors (Lipinski definition) is 4. The van der Waals surface area contributed by atoms with Gasteiger partial charge in [-0.05, 0) is 30.9 Å². The number of nitrogens with one attached hydrogen (secondary N) is 1. The summed E-state index contributed by atoms with van der Waals surface area (Å²) in [5.74, 6) is -0.177. The Labute approximate surface area is 171 Å². The third kappa shape index (κ3) is 4.50. The van der Waals surface area contributed by atoms with Crippen molar-refractivity contribution < 1.29 is 14.3 Å². The fraction of sp³-hybridized carbons (Fsp3) is 0.500. The average molecular weight is 396 g/mol. The van der Waals surface area contributed by atoms with E-state index in [1.165, 1.54) is 0 Å². The Hall–Kier alpha value is -2.67. The van der Waals surface area contributed by atoms with Crippen LogP contribution in [0.5, 0.6) is 0 Å². The number of benzene rings is 1. The zero-order valence-electron chi connectivity index (χ0n) is 16.6. The molecular weight excluding hydrogens is 368 g/mol. The molecule has 2 aromatic rings. The molecule has 2 heterocycles. The molecule has 2 atom stereocenters. The smallest absolute Gasteiger partial charge is 0.251 e. The monoisotopic (exact) mass is 396 g/mol. The largest absolute Gasteiger partial charge is 0.356 e. The lowest BCUT2D eigenvalue weighted by molar-refractivity contribution is -0.168. The molecule has 7 heteroatoms. The van der Waals surface area contributed by atoms with E-state index < -0.39 is 6.10 Å². The minimum absolute atomic E-state index is 0.0199. The van der Waals surface area contributed by atoms with Crippen LogP contribution in [0, 0.1) is 0 Å². The summed E-state index contributed by atoms with van der Waals surface area (Å²) < 4.78 is 7.63. The highest BCUT2D eigenvalue weighted by Gasteiger charge is 2.44. The van der Waals surface area contributed by atoms with E-state index in [0.717, 1.165) is 44.2 Å². The standard InChI is InChI=1S/C22H28N4O3/c27-19-16-29-21(22(28)23-12-6-14-25-15-7-13-24-25)20(17-8-2-1-3-9-17)26(19)18-10-4-5-11-18/h1-3,7-9,13,15,18,20-21H,4-6,10-12,14,16H2,(H,23,28)/t20-,21+/m0/s1. The van der Waals surface area contributed by atoms with Crippen molar-refractivity contribution in [2.75, 3.05) is 13.2 Å². The molecule has 1 aliphatic heterocycles. The first kappa shape index (κ1) is 19.6. The molecule has 1 aromatic heterocycles. The van der Waals surface area contributed by atoms with Crippen LogP contribution in [0.15, 0.2) is 48.8 Å². The number of morpholine rings is 1. The Morgan fingerprint density at radius 1 is 1.17 bits per heavy atom. The molecule has 1 aliphatic carbocycles. The zero-order chi connectivity index (χ0) is 20.1. The number of ether oxygens (including phenoxy) is 1. The van der Waals surface area contributed by atoms with E-state index in [9.17, 15) is 9.59 Å². The maximum atomic E-state index is 13.0. The molecule has 1 aromatic carbocycles. The minimum Gasteiger partial charge on any atom is -0.356 e. The summed E-state index contributed by atoms with van der Waals surface area (Å²) in [6.07, 6.45) is 7.97. The third-order valence-electron chi connectivity index (χ3n) is 5.80. The van der Waals surface area contributed by atoms with Crippen molar-refractivity contribution in [3.05, 3.63) is 54.4 Å². The van der Waals surface area contributed by atoms with Crippen molar-refractivity contribution in [1.29, 1.82) is 0 Å². The van der Waals surface area contributed by atoms with E-state index in [0.29, 0.717) is 6.54 Å². The van der Waals surface area contributed by atoms with Crippen molar-refractivity contribution in [2.45, 2.75) is 56.8 Å². The van der Waals surface area contributed by atoms with Gasteiger partial charge in [-0.25, -0.2) is 0 Å². The second kappa shape index (κ2) is 9.22. The molecule has 2 aliphatic rings. The molecule has 29 heavy (non-hydrogen) atoms. The Morgan fingerprint density at radius 2 is 1.97 bits per heavy atom. The van der Waals surface area contributed by atoms with Gasteiger partial charge in [0, 0.05) is 31.5 Å². The molecule has 154 valence electrons. The maximum Gasteiger partial charge on any atom is 0.251 e. The summed E-state index contributed by atoms with van der Waals surface area (Å²) >= 11 is 0. The number of carbonyl (C=O) groups excluding carboxylic acids is 2. The van der Waals surface area contributed by atoms with Gasteiger partial charge in [0.25, 0.3) is 5.91 Å². The van der Waals surface area contributed by atoms with Crippen molar-refractivity contribution in [1.82, 2.24) is 20.0 Å². The zero-order valence-corrected chi connectivity index (χ0v) is 16.6. The second-order valence-electron chi connectivity index (χ2n) is 7.74. The molecule has 2 fully saturated rings. The topological polar surface area (TPSA) is 76.5 Å². The number of carbonyl (C=O) groups is 2. The summed E-state index contributed by atoms with van der Waals surface area (Å²) in [6, 6.07) is 11.5. The van der Waals surface area contributed by atoms with E-state index in [-0.39, 0.29) is 30.5 Å². The van der Waals surface area contributed by atoms with Crippen LogP contribution in [0.2, 0.25) is 0 Å². The Bertz CT molecular complexity index is 803. The maximum absolute atomic E-state index is 13.0. The molecule has 4 rings (SSSR count). The van der Waals surface area contributed by atoms with E-state index in [2.05, 4.69) is 10.4 Å². The van der Waals surface area contributed by atoms with Crippen molar-refractivity contribution in [2.24, 2.45) is 0 Å². The highest BCUT2D eigenvalue weighted by atomic mass is 16.5. The lowest BCUT2D eigenvalue weighted by atomic mass is 9.95. The van der Waals surface area contributed by atoms with Gasteiger partial charge in [0.2, 0.25) is 5.91 Å². The van der Waals surface area contributed by atoms with Gasteiger partial charge in [0.05, 0.1) is 6.04 Å². The number of aromatic nitrogens is 2. The van der Waals surface area contributed by atoms with Gasteiger partial charge in [0.15, 0.2) is 6.10 Å². The molecule has 1 N–H and O–H groups in total. The number of aryl methyl sites for hydroxylation is 1. The van der Waals surface area contributed by atoms with Gasteiger partial charge in [-0.2, -0.15) is 5.10 Å². The highest BCUT2D eigenvalue weighted by Crippen LogP contribution is 2.36. The number of amides is 2. The number of rotatable bonds is 7. The Kier molecular flexibility index (Phi) is 6.24. The van der Waals surface area contributed by atoms with Crippen LogP contribution in [-0.2, 0) is 20.9 Å². The van der Waals surface area contributed by atoms with Crippen LogP contribution in [0.4, 0.5) is 0 Å². The minimum atomic E-state index is -0.694. The average Bonchev–Trinajstić information content (AvgIpc) is 3.45. The lowest BCUT2D eigenvalue weighted by Gasteiger charge is -2.43. The second-order valence-corrected chi connectivity index (χ2v) is 7.74. The summed E-state index contributed by atoms with van der Waals surface area (Å²) in [5.41, 5.74) is 0.948. The summed E-state index contributed by atoms with van der Waals surface area (Å²) in [6.45, 7) is 1.25. The Balaban J connectivity index is 1.47. The molecule has 2 amide bonds. The van der Waals surface area contributed by atoms with Gasteiger partial charge in [-0.1, -0.05) is 43.2 Å². The quantitative estimate of drug-likeness (QED) is 0.729. The van der Waals surface area contributed by atoms with Gasteiger partial charge in [0.1, 0.15) is 6.61 Å². The molecule has 0 unspecified atom stereocenters. The van der Waals surface area contributed by atoms with Gasteiger partial charge in [-0.15, -0.1) is 0 Å². The Morgan fingerprint density at radius 3 is 2.69 bits per heavy atom. The SMILES string of the molecule is O=C(NCCCn1cccn1)[C@@H]1OCC(=O)N(C2CCCC2)[C@H]1c1ccccc1. The lowest BCUT2D eigenvalue weighted by Crippen LogP contribution is -2.57. The molecular formula is C22H28N4O3. The first-order valence-electron chi connectivity index (χ1n) is 10.5. The predicted molar refractivity (Wildman–Crippen MR) is 108 cm³/mol. The van der Waals surface area contributed by atoms with Crippen molar-refractivity contribution in [3.8, 4) is 0 Å². The van der Waals surface area contributed by atoms with E-state index in [1.54, 1.807) is 6.20 Å². The molecule has 1 saturated carbocycles. The fourth-order valence-electron chi connectivity index (χ4n) is 4.43. The predicted octanol–water partition coefficient (Wildman–Crippen LogP) is 2.30. The molecule has 0 radical (unpaired) electrons. The first-order valence-corrected chi connectivity index (χ1v) is 10.5. The summed E-state index contributed by atoms with van der Waals surface area (Å²) in [5, 5.41) is 7.17. The number of hydrogen-bond donors (Lipinski definition) is 1. The van der Waals surface area contributed by atoms with Crippen LogP contribution in [-0.4, -0.2) is 51.8 Å². The van der Waals surface area contributed by atoms with Crippen LogP contribution >= 0.6 is 0 Å². The summed E-state index contributed by atoms with van der Waals surface area (Å²) in [4.78, 5) is 27.7.